The monoisotopic (exact) mass is 188 g/mol. The van der Waals surface area contributed by atoms with Crippen molar-refractivity contribution in [2.45, 2.75) is 25.4 Å². The number of hydrogen-bond donors (Lipinski definition) is 3. The number of nitrogens with zero attached hydrogens (tertiary/aromatic N) is 1. The Morgan fingerprint density at radius 2 is 2.31 bits per heavy atom. The highest BCUT2D eigenvalue weighted by atomic mass is 16.4. The quantitative estimate of drug-likeness (QED) is 0.585. The van der Waals surface area contributed by atoms with E-state index in [-0.39, 0.29) is 12.8 Å². The fraction of sp³-hybridized carbons (Fsp3) is 0.875. The maximum absolute atomic E-state index is 10.8. The summed E-state index contributed by atoms with van der Waals surface area (Å²) in [5, 5.41) is 20.4. The van der Waals surface area contributed by atoms with Crippen LogP contribution in [0.4, 0.5) is 4.79 Å². The lowest BCUT2D eigenvalue weighted by Gasteiger charge is -2.33. The van der Waals surface area contributed by atoms with E-state index < -0.39 is 6.09 Å². The van der Waals surface area contributed by atoms with Crippen LogP contribution in [0, 0.1) is 0 Å². The second-order valence-electron chi connectivity index (χ2n) is 3.17. The predicted molar refractivity (Wildman–Crippen MR) is 47.5 cm³/mol. The molecule has 76 valence electrons. The molecule has 0 aromatic rings. The summed E-state index contributed by atoms with van der Waals surface area (Å²) in [6.45, 7) is 1.09. The molecule has 0 aromatic heterocycles. The van der Waals surface area contributed by atoms with Gasteiger partial charge in [-0.25, -0.2) is 4.79 Å². The zero-order chi connectivity index (χ0) is 9.68. The van der Waals surface area contributed by atoms with Gasteiger partial charge in [-0.15, -0.1) is 0 Å². The molecule has 1 aliphatic rings. The molecule has 13 heavy (non-hydrogen) atoms. The number of carboxylic acid groups (broad SMARTS) is 1. The topological polar surface area (TPSA) is 72.8 Å². The van der Waals surface area contributed by atoms with Gasteiger partial charge in [-0.1, -0.05) is 0 Å². The Hall–Kier alpha value is -0.810. The molecule has 1 amide bonds. The lowest BCUT2D eigenvalue weighted by Crippen LogP contribution is -2.51. The molecule has 0 bridgehead atoms. The normalized spacial score (nSPS) is 23.2. The minimum absolute atomic E-state index is 0.0456. The molecule has 0 spiro atoms. The van der Waals surface area contributed by atoms with Gasteiger partial charge in [0.2, 0.25) is 0 Å². The summed E-state index contributed by atoms with van der Waals surface area (Å²) in [7, 11) is 0. The zero-order valence-electron chi connectivity index (χ0n) is 7.57. The van der Waals surface area contributed by atoms with E-state index in [2.05, 4.69) is 5.32 Å². The molecular weight excluding hydrogens is 172 g/mol. The summed E-state index contributed by atoms with van der Waals surface area (Å²) < 4.78 is 0. The van der Waals surface area contributed by atoms with E-state index in [0.717, 1.165) is 19.3 Å². The van der Waals surface area contributed by atoms with Gasteiger partial charge in [-0.3, -0.25) is 10.2 Å². The van der Waals surface area contributed by atoms with Crippen LogP contribution < -0.4 is 5.32 Å². The molecule has 1 rings (SSSR count). The van der Waals surface area contributed by atoms with Gasteiger partial charge < -0.3 is 10.2 Å². The molecule has 0 aromatic carbocycles. The summed E-state index contributed by atoms with van der Waals surface area (Å²) in [6, 6.07) is 0. The second-order valence-corrected chi connectivity index (χ2v) is 3.17. The van der Waals surface area contributed by atoms with Crippen LogP contribution >= 0.6 is 0 Å². The number of aliphatic hydroxyl groups excluding tert-OH is 1. The third kappa shape index (κ3) is 2.86. The van der Waals surface area contributed by atoms with Crippen LogP contribution in [0.15, 0.2) is 0 Å². The van der Waals surface area contributed by atoms with Crippen LogP contribution in [0.2, 0.25) is 0 Å². The van der Waals surface area contributed by atoms with Crippen molar-refractivity contribution in [2.75, 3.05) is 19.7 Å². The summed E-state index contributed by atoms with van der Waals surface area (Å²) in [5.41, 5.74) is 0. The first kappa shape index (κ1) is 10.3. The summed E-state index contributed by atoms with van der Waals surface area (Å²) >= 11 is 0. The second kappa shape index (κ2) is 5.04. The van der Waals surface area contributed by atoms with Crippen molar-refractivity contribution in [3.63, 3.8) is 0 Å². The van der Waals surface area contributed by atoms with Gasteiger partial charge in [0.05, 0.1) is 12.8 Å². The van der Waals surface area contributed by atoms with E-state index in [1.165, 1.54) is 4.90 Å². The van der Waals surface area contributed by atoms with Crippen LogP contribution in [0.3, 0.4) is 0 Å². The Kier molecular flexibility index (Phi) is 3.98. The minimum atomic E-state index is -0.880. The molecule has 0 radical (unpaired) electrons. The van der Waals surface area contributed by atoms with Crippen molar-refractivity contribution in [1.82, 2.24) is 10.2 Å². The van der Waals surface area contributed by atoms with Crippen LogP contribution in [0.1, 0.15) is 19.3 Å². The first-order chi connectivity index (χ1) is 6.25. The van der Waals surface area contributed by atoms with Gasteiger partial charge in [0.25, 0.3) is 0 Å². The fourth-order valence-electron chi connectivity index (χ4n) is 1.60. The standard InChI is InChI=1S/C8H16N2O3/c11-6-4-9-7-3-1-2-5-10(7)8(12)13/h7,9,11H,1-6H2,(H,12,13). The maximum Gasteiger partial charge on any atom is 0.408 e. The van der Waals surface area contributed by atoms with E-state index >= 15 is 0 Å². The highest BCUT2D eigenvalue weighted by molar-refractivity contribution is 5.65. The summed E-state index contributed by atoms with van der Waals surface area (Å²) in [5.74, 6) is 0. The van der Waals surface area contributed by atoms with Crippen molar-refractivity contribution >= 4 is 6.09 Å². The molecule has 1 heterocycles. The molecule has 0 saturated carbocycles. The van der Waals surface area contributed by atoms with Crippen LogP contribution in [0.25, 0.3) is 0 Å². The Bertz CT molecular complexity index is 175. The molecule has 1 unspecified atom stereocenters. The first-order valence-corrected chi connectivity index (χ1v) is 4.59. The minimum Gasteiger partial charge on any atom is -0.465 e. The third-order valence-corrected chi connectivity index (χ3v) is 2.24. The van der Waals surface area contributed by atoms with Crippen molar-refractivity contribution in [1.29, 1.82) is 0 Å². The van der Waals surface area contributed by atoms with Crippen LogP contribution in [0.5, 0.6) is 0 Å². The Balaban J connectivity index is 2.41. The number of rotatable bonds is 3. The van der Waals surface area contributed by atoms with E-state index in [0.29, 0.717) is 13.1 Å². The molecule has 1 atom stereocenters. The average Bonchev–Trinajstić information content (AvgIpc) is 2.15. The van der Waals surface area contributed by atoms with Gasteiger partial charge in [0.15, 0.2) is 0 Å². The van der Waals surface area contributed by atoms with E-state index in [1.807, 2.05) is 0 Å². The first-order valence-electron chi connectivity index (χ1n) is 4.59. The molecule has 3 N–H and O–H groups in total. The molecular formula is C8H16N2O3. The molecule has 0 aliphatic carbocycles. The summed E-state index contributed by atoms with van der Waals surface area (Å²) in [6.07, 6.45) is 1.83. The van der Waals surface area contributed by atoms with Gasteiger partial charge in [0.1, 0.15) is 0 Å². The molecule has 1 aliphatic heterocycles. The Labute approximate surface area is 77.3 Å². The largest absolute Gasteiger partial charge is 0.465 e. The Morgan fingerprint density at radius 1 is 1.54 bits per heavy atom. The average molecular weight is 188 g/mol. The lowest BCUT2D eigenvalue weighted by molar-refractivity contribution is 0.0912. The van der Waals surface area contributed by atoms with Gasteiger partial charge in [-0.2, -0.15) is 0 Å². The zero-order valence-corrected chi connectivity index (χ0v) is 7.57. The lowest BCUT2D eigenvalue weighted by atomic mass is 10.1. The number of nitrogens with one attached hydrogen (secondary N) is 1. The molecule has 1 fully saturated rings. The van der Waals surface area contributed by atoms with E-state index in [4.69, 9.17) is 10.2 Å². The highest BCUT2D eigenvalue weighted by Crippen LogP contribution is 2.14. The smallest absolute Gasteiger partial charge is 0.408 e. The molecule has 5 heteroatoms. The number of amides is 1. The third-order valence-electron chi connectivity index (χ3n) is 2.24. The summed E-state index contributed by atoms with van der Waals surface area (Å²) in [4.78, 5) is 12.2. The van der Waals surface area contributed by atoms with Crippen LogP contribution in [-0.2, 0) is 0 Å². The van der Waals surface area contributed by atoms with Gasteiger partial charge in [0, 0.05) is 13.1 Å². The predicted octanol–water partition coefficient (Wildman–Crippen LogP) is 0.0583. The SMILES string of the molecule is O=C(O)N1CCCCC1NCCO. The number of carbonyl (C=O) groups is 1. The van der Waals surface area contributed by atoms with E-state index in [1.54, 1.807) is 0 Å². The molecule has 5 nitrogen and oxygen atoms in total. The number of piperidine rings is 1. The van der Waals surface area contributed by atoms with Crippen molar-refractivity contribution in [3.05, 3.63) is 0 Å². The van der Waals surface area contributed by atoms with Crippen molar-refractivity contribution in [3.8, 4) is 0 Å². The van der Waals surface area contributed by atoms with E-state index in [9.17, 15) is 4.79 Å². The van der Waals surface area contributed by atoms with Gasteiger partial charge in [-0.05, 0) is 19.3 Å². The van der Waals surface area contributed by atoms with Crippen molar-refractivity contribution < 1.29 is 15.0 Å². The van der Waals surface area contributed by atoms with Crippen LogP contribution in [-0.4, -0.2) is 47.1 Å². The molecule has 1 saturated heterocycles. The fourth-order valence-corrected chi connectivity index (χ4v) is 1.60. The number of likely N-dealkylation sites (tertiary alicyclic amines) is 1. The van der Waals surface area contributed by atoms with Gasteiger partial charge >= 0.3 is 6.09 Å². The highest BCUT2D eigenvalue weighted by Gasteiger charge is 2.25. The van der Waals surface area contributed by atoms with Crippen molar-refractivity contribution in [2.24, 2.45) is 0 Å². The number of hydrogen-bond acceptors (Lipinski definition) is 3. The Morgan fingerprint density at radius 3 is 2.92 bits per heavy atom. The maximum atomic E-state index is 10.8. The number of aliphatic hydroxyl groups is 1.